The van der Waals surface area contributed by atoms with Gasteiger partial charge in [-0.15, -0.1) is 0 Å². The molecule has 0 fully saturated rings. The van der Waals surface area contributed by atoms with E-state index >= 15 is 0 Å². The fraction of sp³-hybridized carbons (Fsp3) is 0.231. The zero-order valence-corrected chi connectivity index (χ0v) is 9.26. The van der Waals surface area contributed by atoms with Crippen molar-refractivity contribution in [2.24, 2.45) is 0 Å². The third-order valence-corrected chi connectivity index (χ3v) is 2.52. The van der Waals surface area contributed by atoms with Crippen molar-refractivity contribution in [1.82, 2.24) is 9.55 Å². The van der Waals surface area contributed by atoms with E-state index in [2.05, 4.69) is 36.2 Å². The first kappa shape index (κ1) is 10.6. The molecule has 0 unspecified atom stereocenters. The molecule has 0 spiro atoms. The molecular weight excluding hydrogens is 200 g/mol. The molecule has 0 atom stereocenters. The Hall–Kier alpha value is -1.90. The summed E-state index contributed by atoms with van der Waals surface area (Å²) in [4.78, 5) is 14.4. The highest BCUT2D eigenvalue weighted by Crippen LogP contribution is 2.06. The zero-order valence-electron chi connectivity index (χ0n) is 9.26. The van der Waals surface area contributed by atoms with Gasteiger partial charge in [0.2, 0.25) is 0 Å². The van der Waals surface area contributed by atoms with E-state index in [-0.39, 0.29) is 0 Å². The molecule has 0 aliphatic rings. The van der Waals surface area contributed by atoms with E-state index in [9.17, 15) is 4.79 Å². The minimum absolute atomic E-state index is 0.490. The van der Waals surface area contributed by atoms with E-state index in [1.54, 1.807) is 12.5 Å². The highest BCUT2D eigenvalue weighted by Gasteiger charge is 1.98. The van der Waals surface area contributed by atoms with Crippen molar-refractivity contribution >= 4 is 6.29 Å². The summed E-state index contributed by atoms with van der Waals surface area (Å²) < 4.78 is 1.94. The summed E-state index contributed by atoms with van der Waals surface area (Å²) in [7, 11) is 0. The van der Waals surface area contributed by atoms with Crippen molar-refractivity contribution in [2.75, 3.05) is 0 Å². The molecule has 1 aromatic heterocycles. The average molecular weight is 214 g/mol. The predicted octanol–water partition coefficient (Wildman–Crippen LogP) is 2.25. The molecule has 2 aromatic rings. The monoisotopic (exact) mass is 214 g/mol. The molecule has 1 heterocycles. The molecule has 0 bridgehead atoms. The van der Waals surface area contributed by atoms with Gasteiger partial charge in [-0.2, -0.15) is 0 Å². The topological polar surface area (TPSA) is 34.9 Å². The van der Waals surface area contributed by atoms with Crippen LogP contribution in [0, 0.1) is 6.92 Å². The fourth-order valence-electron chi connectivity index (χ4n) is 1.69. The SMILES string of the molecule is Cc1cccc(CCn2cnc(C=O)c2)c1. The summed E-state index contributed by atoms with van der Waals surface area (Å²) in [5, 5.41) is 0. The summed E-state index contributed by atoms with van der Waals surface area (Å²) in [6, 6.07) is 8.45. The number of hydrogen-bond donors (Lipinski definition) is 0. The van der Waals surface area contributed by atoms with Gasteiger partial charge in [-0.25, -0.2) is 4.98 Å². The molecule has 0 radical (unpaired) electrons. The molecule has 0 N–H and O–H groups in total. The standard InChI is InChI=1S/C13H14N2O/c1-11-3-2-4-12(7-11)5-6-15-8-13(9-16)14-10-15/h2-4,7-10H,5-6H2,1H3. The second-order valence-corrected chi connectivity index (χ2v) is 3.89. The minimum atomic E-state index is 0.490. The zero-order chi connectivity index (χ0) is 11.4. The summed E-state index contributed by atoms with van der Waals surface area (Å²) in [5.74, 6) is 0. The van der Waals surface area contributed by atoms with Crippen LogP contribution in [0.5, 0.6) is 0 Å². The Labute approximate surface area is 94.7 Å². The van der Waals surface area contributed by atoms with Crippen molar-refractivity contribution in [3.63, 3.8) is 0 Å². The second kappa shape index (κ2) is 4.75. The minimum Gasteiger partial charge on any atom is -0.336 e. The van der Waals surface area contributed by atoms with Crippen LogP contribution in [0.3, 0.4) is 0 Å². The number of aromatic nitrogens is 2. The van der Waals surface area contributed by atoms with Gasteiger partial charge in [0.15, 0.2) is 6.29 Å². The predicted molar refractivity (Wildman–Crippen MR) is 62.5 cm³/mol. The molecule has 3 nitrogen and oxygen atoms in total. The van der Waals surface area contributed by atoms with E-state index in [0.717, 1.165) is 19.3 Å². The molecule has 1 aromatic carbocycles. The van der Waals surface area contributed by atoms with Gasteiger partial charge in [0.1, 0.15) is 5.69 Å². The first-order chi connectivity index (χ1) is 7.78. The van der Waals surface area contributed by atoms with Crippen molar-refractivity contribution in [3.05, 3.63) is 53.6 Å². The number of imidazole rings is 1. The van der Waals surface area contributed by atoms with Crippen LogP contribution in [-0.2, 0) is 13.0 Å². The lowest BCUT2D eigenvalue weighted by Crippen LogP contribution is -1.98. The van der Waals surface area contributed by atoms with Gasteiger partial charge in [0, 0.05) is 12.7 Å². The highest BCUT2D eigenvalue weighted by atomic mass is 16.1. The number of aldehydes is 1. The molecule has 3 heteroatoms. The Morgan fingerprint density at radius 2 is 2.31 bits per heavy atom. The van der Waals surface area contributed by atoms with Crippen LogP contribution in [0.2, 0.25) is 0 Å². The van der Waals surface area contributed by atoms with Crippen LogP contribution in [0.15, 0.2) is 36.8 Å². The number of hydrogen-bond acceptors (Lipinski definition) is 2. The Kier molecular flexibility index (Phi) is 3.15. The average Bonchev–Trinajstić information content (AvgIpc) is 2.74. The first-order valence-corrected chi connectivity index (χ1v) is 5.30. The van der Waals surface area contributed by atoms with Gasteiger partial charge in [-0.05, 0) is 18.9 Å². The molecule has 0 saturated heterocycles. The first-order valence-electron chi connectivity index (χ1n) is 5.30. The number of carbonyl (C=O) groups is 1. The van der Waals surface area contributed by atoms with E-state index < -0.39 is 0 Å². The maximum Gasteiger partial charge on any atom is 0.169 e. The largest absolute Gasteiger partial charge is 0.336 e. The lowest BCUT2D eigenvalue weighted by atomic mass is 10.1. The Bertz CT molecular complexity index is 488. The Morgan fingerprint density at radius 3 is 3.00 bits per heavy atom. The number of aryl methyl sites for hydroxylation is 3. The fourth-order valence-corrected chi connectivity index (χ4v) is 1.69. The molecule has 2 rings (SSSR count). The Morgan fingerprint density at radius 1 is 1.44 bits per heavy atom. The van der Waals surface area contributed by atoms with E-state index in [1.165, 1.54) is 11.1 Å². The van der Waals surface area contributed by atoms with Gasteiger partial charge in [0.25, 0.3) is 0 Å². The lowest BCUT2D eigenvalue weighted by molar-refractivity contribution is 0.111. The molecule has 0 aliphatic heterocycles. The van der Waals surface area contributed by atoms with Crippen LogP contribution in [0.4, 0.5) is 0 Å². The number of benzene rings is 1. The maximum atomic E-state index is 10.5. The van der Waals surface area contributed by atoms with Crippen LogP contribution in [-0.4, -0.2) is 15.8 Å². The maximum absolute atomic E-state index is 10.5. The highest BCUT2D eigenvalue weighted by molar-refractivity contribution is 5.70. The molecule has 0 aliphatic carbocycles. The van der Waals surface area contributed by atoms with Gasteiger partial charge in [-0.3, -0.25) is 4.79 Å². The van der Waals surface area contributed by atoms with Crippen molar-refractivity contribution in [2.45, 2.75) is 19.9 Å². The van der Waals surface area contributed by atoms with Crippen molar-refractivity contribution in [3.8, 4) is 0 Å². The van der Waals surface area contributed by atoms with Gasteiger partial charge >= 0.3 is 0 Å². The van der Waals surface area contributed by atoms with Crippen LogP contribution in [0.25, 0.3) is 0 Å². The van der Waals surface area contributed by atoms with Crippen LogP contribution >= 0.6 is 0 Å². The third-order valence-electron chi connectivity index (χ3n) is 2.52. The molecule has 0 saturated carbocycles. The molecule has 16 heavy (non-hydrogen) atoms. The third kappa shape index (κ3) is 2.57. The molecule has 0 amide bonds. The van der Waals surface area contributed by atoms with Crippen LogP contribution < -0.4 is 0 Å². The quantitative estimate of drug-likeness (QED) is 0.732. The van der Waals surface area contributed by atoms with E-state index in [1.807, 2.05) is 4.57 Å². The normalized spacial score (nSPS) is 10.3. The molecule has 82 valence electrons. The van der Waals surface area contributed by atoms with E-state index in [0.29, 0.717) is 5.69 Å². The van der Waals surface area contributed by atoms with Crippen molar-refractivity contribution < 1.29 is 4.79 Å². The van der Waals surface area contributed by atoms with Gasteiger partial charge in [-0.1, -0.05) is 29.8 Å². The van der Waals surface area contributed by atoms with Gasteiger partial charge in [0.05, 0.1) is 6.33 Å². The van der Waals surface area contributed by atoms with Gasteiger partial charge < -0.3 is 4.57 Å². The summed E-state index contributed by atoms with van der Waals surface area (Å²) in [6.45, 7) is 2.94. The van der Waals surface area contributed by atoms with Crippen molar-refractivity contribution in [1.29, 1.82) is 0 Å². The number of nitrogens with zero attached hydrogens (tertiary/aromatic N) is 2. The second-order valence-electron chi connectivity index (χ2n) is 3.89. The molecular formula is C13H14N2O. The smallest absolute Gasteiger partial charge is 0.169 e. The Balaban J connectivity index is 1.99. The van der Waals surface area contributed by atoms with E-state index in [4.69, 9.17) is 0 Å². The summed E-state index contributed by atoms with van der Waals surface area (Å²) in [6.07, 6.45) is 5.18. The lowest BCUT2D eigenvalue weighted by Gasteiger charge is -2.03. The summed E-state index contributed by atoms with van der Waals surface area (Å²) >= 11 is 0. The van der Waals surface area contributed by atoms with Crippen LogP contribution in [0.1, 0.15) is 21.6 Å². The number of rotatable bonds is 4. The summed E-state index contributed by atoms with van der Waals surface area (Å²) in [5.41, 5.74) is 3.07. The number of carbonyl (C=O) groups excluding carboxylic acids is 1.